The van der Waals surface area contributed by atoms with Crippen LogP contribution < -0.4 is 5.32 Å². The van der Waals surface area contributed by atoms with Gasteiger partial charge >= 0.3 is 0 Å². The summed E-state index contributed by atoms with van der Waals surface area (Å²) in [6.45, 7) is 5.51. The number of benzene rings is 1. The van der Waals surface area contributed by atoms with E-state index < -0.39 is 6.10 Å². The molecule has 1 aromatic heterocycles. The van der Waals surface area contributed by atoms with E-state index in [1.807, 2.05) is 44.2 Å². The zero-order valence-corrected chi connectivity index (χ0v) is 13.0. The number of aliphatic hydroxyl groups excluding tert-OH is 1. The highest BCUT2D eigenvalue weighted by Crippen LogP contribution is 2.18. The van der Waals surface area contributed by atoms with Gasteiger partial charge in [0.2, 0.25) is 5.91 Å². The SMILES string of the molecule is CC(NC(=O)CC(O)C(C)C)c1noc(-c2ccccc2)n1. The number of nitrogens with one attached hydrogen (secondary N) is 1. The number of aliphatic hydroxyl groups is 1. The average molecular weight is 303 g/mol. The van der Waals surface area contributed by atoms with Crippen LogP contribution in [0.1, 0.15) is 39.1 Å². The molecule has 2 N–H and O–H groups in total. The quantitative estimate of drug-likeness (QED) is 0.855. The van der Waals surface area contributed by atoms with Gasteiger partial charge in [-0.1, -0.05) is 37.2 Å². The topological polar surface area (TPSA) is 88.2 Å². The van der Waals surface area contributed by atoms with Crippen LogP contribution in [0.15, 0.2) is 34.9 Å². The molecule has 1 aromatic carbocycles. The molecular weight excluding hydrogens is 282 g/mol. The summed E-state index contributed by atoms with van der Waals surface area (Å²) in [6.07, 6.45) is -0.594. The molecule has 1 amide bonds. The highest BCUT2D eigenvalue weighted by atomic mass is 16.5. The molecule has 0 aliphatic carbocycles. The van der Waals surface area contributed by atoms with Gasteiger partial charge in [-0.2, -0.15) is 4.98 Å². The van der Waals surface area contributed by atoms with Crippen LogP contribution in [-0.2, 0) is 4.79 Å². The van der Waals surface area contributed by atoms with Gasteiger partial charge < -0.3 is 14.9 Å². The summed E-state index contributed by atoms with van der Waals surface area (Å²) in [4.78, 5) is 16.2. The van der Waals surface area contributed by atoms with Crippen LogP contribution >= 0.6 is 0 Å². The Balaban J connectivity index is 1.97. The monoisotopic (exact) mass is 303 g/mol. The summed E-state index contributed by atoms with van der Waals surface area (Å²) >= 11 is 0. The average Bonchev–Trinajstić information content (AvgIpc) is 2.97. The van der Waals surface area contributed by atoms with Crippen molar-refractivity contribution in [2.75, 3.05) is 0 Å². The number of carbonyl (C=O) groups excluding carboxylic acids is 1. The third-order valence-corrected chi connectivity index (χ3v) is 3.39. The number of carbonyl (C=O) groups is 1. The lowest BCUT2D eigenvalue weighted by Crippen LogP contribution is -2.31. The smallest absolute Gasteiger partial charge is 0.257 e. The normalized spacial score (nSPS) is 13.9. The van der Waals surface area contributed by atoms with Gasteiger partial charge in [0.25, 0.3) is 5.89 Å². The van der Waals surface area contributed by atoms with Gasteiger partial charge in [0.1, 0.15) is 0 Å². The van der Waals surface area contributed by atoms with Crippen molar-refractivity contribution in [3.05, 3.63) is 36.2 Å². The summed E-state index contributed by atoms with van der Waals surface area (Å²) in [5.74, 6) is 0.626. The zero-order valence-electron chi connectivity index (χ0n) is 13.0. The number of aromatic nitrogens is 2. The second kappa shape index (κ2) is 7.17. The summed E-state index contributed by atoms with van der Waals surface area (Å²) in [6, 6.07) is 9.05. The van der Waals surface area contributed by atoms with Crippen LogP contribution in [0.25, 0.3) is 11.5 Å². The van der Waals surface area contributed by atoms with Crippen molar-refractivity contribution >= 4 is 5.91 Å². The zero-order chi connectivity index (χ0) is 16.1. The molecule has 0 bridgehead atoms. The Hall–Kier alpha value is -2.21. The van der Waals surface area contributed by atoms with E-state index in [0.29, 0.717) is 11.7 Å². The van der Waals surface area contributed by atoms with Gasteiger partial charge in [-0.15, -0.1) is 0 Å². The first-order valence-corrected chi connectivity index (χ1v) is 7.34. The molecule has 118 valence electrons. The fraction of sp³-hybridized carbons (Fsp3) is 0.438. The predicted octanol–water partition coefficient (Wildman–Crippen LogP) is 2.32. The maximum Gasteiger partial charge on any atom is 0.257 e. The van der Waals surface area contributed by atoms with Crippen molar-refractivity contribution in [3.63, 3.8) is 0 Å². The highest BCUT2D eigenvalue weighted by Gasteiger charge is 2.19. The van der Waals surface area contributed by atoms with Gasteiger partial charge in [0.15, 0.2) is 5.82 Å². The number of hydrogen-bond donors (Lipinski definition) is 2. The molecule has 0 aliphatic heterocycles. The van der Waals surface area contributed by atoms with Crippen LogP contribution in [0.4, 0.5) is 0 Å². The fourth-order valence-corrected chi connectivity index (χ4v) is 1.90. The van der Waals surface area contributed by atoms with E-state index in [9.17, 15) is 9.90 Å². The van der Waals surface area contributed by atoms with Crippen LogP contribution in [0.2, 0.25) is 0 Å². The summed E-state index contributed by atoms with van der Waals surface area (Å²) in [7, 11) is 0. The lowest BCUT2D eigenvalue weighted by atomic mass is 10.0. The molecule has 1 heterocycles. The Labute approximate surface area is 129 Å². The summed E-state index contributed by atoms with van der Waals surface area (Å²) in [5, 5.41) is 16.4. The van der Waals surface area contributed by atoms with Crippen molar-refractivity contribution in [2.45, 2.75) is 39.3 Å². The minimum absolute atomic E-state index is 0.0379. The molecule has 2 rings (SSSR count). The maximum absolute atomic E-state index is 11.9. The minimum atomic E-state index is -0.655. The Morgan fingerprint density at radius 1 is 1.27 bits per heavy atom. The molecule has 0 aliphatic rings. The van der Waals surface area contributed by atoms with Crippen molar-refractivity contribution in [1.82, 2.24) is 15.5 Å². The molecule has 2 atom stereocenters. The number of hydrogen-bond acceptors (Lipinski definition) is 5. The van der Waals surface area contributed by atoms with E-state index in [4.69, 9.17) is 4.52 Å². The van der Waals surface area contributed by atoms with Crippen molar-refractivity contribution in [1.29, 1.82) is 0 Å². The number of amides is 1. The second-order valence-electron chi connectivity index (χ2n) is 5.63. The van der Waals surface area contributed by atoms with E-state index in [1.54, 1.807) is 6.92 Å². The first-order valence-electron chi connectivity index (χ1n) is 7.34. The molecule has 0 fully saturated rings. The van der Waals surface area contributed by atoms with Crippen LogP contribution in [-0.4, -0.2) is 27.3 Å². The van der Waals surface area contributed by atoms with E-state index >= 15 is 0 Å². The third-order valence-electron chi connectivity index (χ3n) is 3.39. The first kappa shape index (κ1) is 16.2. The summed E-state index contributed by atoms with van der Waals surface area (Å²) in [5.41, 5.74) is 0.829. The van der Waals surface area contributed by atoms with E-state index in [2.05, 4.69) is 15.5 Å². The Kier molecular flexibility index (Phi) is 5.27. The van der Waals surface area contributed by atoms with Crippen LogP contribution in [0.3, 0.4) is 0 Å². The Bertz CT molecular complexity index is 610. The van der Waals surface area contributed by atoms with Gasteiger partial charge in [-0.3, -0.25) is 4.79 Å². The minimum Gasteiger partial charge on any atom is -0.392 e. The van der Waals surface area contributed by atoms with E-state index in [0.717, 1.165) is 5.56 Å². The predicted molar refractivity (Wildman–Crippen MR) is 81.8 cm³/mol. The molecule has 0 spiro atoms. The van der Waals surface area contributed by atoms with Crippen molar-refractivity contribution < 1.29 is 14.4 Å². The molecule has 6 nitrogen and oxygen atoms in total. The van der Waals surface area contributed by atoms with Crippen LogP contribution in [0.5, 0.6) is 0 Å². The lowest BCUT2D eigenvalue weighted by Gasteiger charge is -2.15. The van der Waals surface area contributed by atoms with E-state index in [1.165, 1.54) is 0 Å². The third kappa shape index (κ3) is 4.14. The largest absolute Gasteiger partial charge is 0.392 e. The summed E-state index contributed by atoms with van der Waals surface area (Å²) < 4.78 is 5.21. The van der Waals surface area contributed by atoms with Gasteiger partial charge in [0, 0.05) is 5.56 Å². The fourth-order valence-electron chi connectivity index (χ4n) is 1.90. The molecule has 0 saturated carbocycles. The molecule has 6 heteroatoms. The standard InChI is InChI=1S/C16H21N3O3/c1-10(2)13(20)9-14(21)17-11(3)15-18-16(22-19-15)12-7-5-4-6-8-12/h4-8,10-11,13,20H,9H2,1-3H3,(H,17,21). The first-order chi connectivity index (χ1) is 10.5. The second-order valence-corrected chi connectivity index (χ2v) is 5.63. The Morgan fingerprint density at radius 2 is 1.95 bits per heavy atom. The highest BCUT2D eigenvalue weighted by molar-refractivity contribution is 5.76. The lowest BCUT2D eigenvalue weighted by molar-refractivity contribution is -0.124. The van der Waals surface area contributed by atoms with Crippen LogP contribution in [0, 0.1) is 5.92 Å². The van der Waals surface area contributed by atoms with Crippen molar-refractivity contribution in [2.24, 2.45) is 5.92 Å². The van der Waals surface area contributed by atoms with Gasteiger partial charge in [-0.05, 0) is 25.0 Å². The van der Waals surface area contributed by atoms with Crippen molar-refractivity contribution in [3.8, 4) is 11.5 Å². The molecule has 2 aromatic rings. The van der Waals surface area contributed by atoms with Gasteiger partial charge in [0.05, 0.1) is 18.6 Å². The molecule has 2 unspecified atom stereocenters. The molecule has 0 saturated heterocycles. The molecular formula is C16H21N3O3. The maximum atomic E-state index is 11.9. The Morgan fingerprint density at radius 3 is 2.59 bits per heavy atom. The molecule has 0 radical (unpaired) electrons. The molecule has 22 heavy (non-hydrogen) atoms. The van der Waals surface area contributed by atoms with Gasteiger partial charge in [-0.25, -0.2) is 0 Å². The van der Waals surface area contributed by atoms with E-state index in [-0.39, 0.29) is 24.3 Å². The number of rotatable bonds is 6. The number of nitrogens with zero attached hydrogens (tertiary/aromatic N) is 2.